The Kier molecular flexibility index (Phi) is 6.52. The number of carbonyl (C=O) groups excluding carboxylic acids is 1. The van der Waals surface area contributed by atoms with Gasteiger partial charge in [0.05, 0.1) is 18.2 Å². The third-order valence-corrected chi connectivity index (χ3v) is 4.87. The number of rotatable bonds is 7. The molecule has 3 rings (SSSR count). The van der Waals surface area contributed by atoms with Crippen LogP contribution in [0.1, 0.15) is 17.5 Å². The van der Waals surface area contributed by atoms with Crippen molar-refractivity contribution in [3.05, 3.63) is 59.4 Å². The number of hydrogen-bond donors (Lipinski definition) is 1. The molecule has 0 aromatic heterocycles. The topological polar surface area (TPSA) is 44.8 Å². The molecule has 1 amide bonds. The molecule has 150 valence electrons. The maximum atomic E-state index is 13.3. The molecule has 0 spiro atoms. The molecule has 0 saturated heterocycles. The van der Waals surface area contributed by atoms with Gasteiger partial charge in [-0.3, -0.25) is 4.79 Å². The Bertz CT molecular complexity index is 808. The van der Waals surface area contributed by atoms with E-state index in [1.54, 1.807) is 12.1 Å². The zero-order valence-electron chi connectivity index (χ0n) is 16.7. The molecule has 6 heteroatoms. The SMILES string of the molecule is Cc1ccc2c(c1)OC[C@H](CC(=O)NCCN(C)C)N2Cc1ccc(F)cc1. The van der Waals surface area contributed by atoms with Crippen molar-refractivity contribution in [1.82, 2.24) is 10.2 Å². The standard InChI is InChI=1S/C22H28FN3O2/c1-16-4-9-20-21(12-16)28-15-19(13-22(27)24-10-11-25(2)3)26(20)14-17-5-7-18(23)8-6-17/h4-9,12,19H,10-11,13-15H2,1-3H3,(H,24,27)/t19-/m0/s1. The molecule has 0 fully saturated rings. The number of carbonyl (C=O) groups is 1. The van der Waals surface area contributed by atoms with Gasteiger partial charge in [0.1, 0.15) is 18.2 Å². The van der Waals surface area contributed by atoms with Crippen molar-refractivity contribution in [2.45, 2.75) is 25.9 Å². The molecule has 1 atom stereocenters. The Labute approximate surface area is 166 Å². The van der Waals surface area contributed by atoms with E-state index >= 15 is 0 Å². The number of fused-ring (bicyclic) bond motifs is 1. The van der Waals surface area contributed by atoms with Gasteiger partial charge in [0.25, 0.3) is 0 Å². The second kappa shape index (κ2) is 9.06. The van der Waals surface area contributed by atoms with Gasteiger partial charge in [0.2, 0.25) is 5.91 Å². The van der Waals surface area contributed by atoms with Crippen LogP contribution in [0.5, 0.6) is 5.75 Å². The molecule has 1 aliphatic rings. The van der Waals surface area contributed by atoms with Crippen LogP contribution in [0.25, 0.3) is 0 Å². The van der Waals surface area contributed by atoms with Crippen LogP contribution in [-0.4, -0.2) is 50.6 Å². The second-order valence-corrected chi connectivity index (χ2v) is 7.55. The second-order valence-electron chi connectivity index (χ2n) is 7.55. The largest absolute Gasteiger partial charge is 0.489 e. The Morgan fingerprint density at radius 1 is 1.25 bits per heavy atom. The minimum atomic E-state index is -0.251. The van der Waals surface area contributed by atoms with E-state index in [9.17, 15) is 9.18 Å². The average Bonchev–Trinajstić information content (AvgIpc) is 2.65. The first kappa shape index (κ1) is 20.1. The van der Waals surface area contributed by atoms with E-state index in [1.165, 1.54) is 12.1 Å². The quantitative estimate of drug-likeness (QED) is 0.796. The summed E-state index contributed by atoms with van der Waals surface area (Å²) in [5, 5.41) is 2.97. The number of nitrogens with zero attached hydrogens (tertiary/aromatic N) is 2. The number of likely N-dealkylation sites (N-methyl/N-ethyl adjacent to an activating group) is 1. The fraction of sp³-hybridized carbons (Fsp3) is 0.409. The first-order chi connectivity index (χ1) is 13.4. The van der Waals surface area contributed by atoms with E-state index in [1.807, 2.05) is 44.1 Å². The maximum Gasteiger partial charge on any atom is 0.222 e. The summed E-state index contributed by atoms with van der Waals surface area (Å²) in [4.78, 5) is 16.7. The molecule has 0 radical (unpaired) electrons. The third-order valence-electron chi connectivity index (χ3n) is 4.87. The zero-order valence-corrected chi connectivity index (χ0v) is 16.7. The highest BCUT2D eigenvalue weighted by Crippen LogP contribution is 2.36. The molecular formula is C22H28FN3O2. The number of benzene rings is 2. The van der Waals surface area contributed by atoms with Crippen molar-refractivity contribution in [2.75, 3.05) is 38.7 Å². The monoisotopic (exact) mass is 385 g/mol. The highest BCUT2D eigenvalue weighted by Gasteiger charge is 2.29. The molecule has 0 saturated carbocycles. The number of nitrogens with one attached hydrogen (secondary N) is 1. The Balaban J connectivity index is 1.76. The van der Waals surface area contributed by atoms with Gasteiger partial charge in [-0.15, -0.1) is 0 Å². The van der Waals surface area contributed by atoms with Gasteiger partial charge in [-0.25, -0.2) is 4.39 Å². The average molecular weight is 385 g/mol. The fourth-order valence-electron chi connectivity index (χ4n) is 3.32. The highest BCUT2D eigenvalue weighted by molar-refractivity contribution is 5.77. The lowest BCUT2D eigenvalue weighted by Crippen LogP contribution is -2.46. The number of ether oxygens (including phenoxy) is 1. The van der Waals surface area contributed by atoms with E-state index in [4.69, 9.17) is 4.74 Å². The number of anilines is 1. The van der Waals surface area contributed by atoms with Crippen molar-refractivity contribution < 1.29 is 13.9 Å². The fourth-order valence-corrected chi connectivity index (χ4v) is 3.32. The summed E-state index contributed by atoms with van der Waals surface area (Å²) in [5.41, 5.74) is 3.08. The van der Waals surface area contributed by atoms with Crippen LogP contribution in [-0.2, 0) is 11.3 Å². The van der Waals surface area contributed by atoms with E-state index in [2.05, 4.69) is 10.2 Å². The Hall–Kier alpha value is -2.60. The van der Waals surface area contributed by atoms with Crippen LogP contribution < -0.4 is 15.0 Å². The summed E-state index contributed by atoms with van der Waals surface area (Å²) in [6, 6.07) is 12.5. The van der Waals surface area contributed by atoms with Crippen molar-refractivity contribution in [1.29, 1.82) is 0 Å². The Morgan fingerprint density at radius 2 is 2.00 bits per heavy atom. The zero-order chi connectivity index (χ0) is 20.1. The summed E-state index contributed by atoms with van der Waals surface area (Å²) >= 11 is 0. The van der Waals surface area contributed by atoms with E-state index in [-0.39, 0.29) is 17.8 Å². The first-order valence-electron chi connectivity index (χ1n) is 9.58. The molecular weight excluding hydrogens is 357 g/mol. The minimum absolute atomic E-state index is 0.00937. The van der Waals surface area contributed by atoms with Crippen LogP contribution in [0.2, 0.25) is 0 Å². The van der Waals surface area contributed by atoms with E-state index < -0.39 is 0 Å². The molecule has 1 aliphatic heterocycles. The van der Waals surface area contributed by atoms with Crippen LogP contribution in [0.4, 0.5) is 10.1 Å². The number of halogens is 1. The summed E-state index contributed by atoms with van der Waals surface area (Å²) in [6.45, 7) is 4.48. The predicted octanol–water partition coefficient (Wildman–Crippen LogP) is 2.97. The number of hydrogen-bond acceptors (Lipinski definition) is 4. The smallest absolute Gasteiger partial charge is 0.222 e. The molecule has 0 aliphatic carbocycles. The molecule has 0 bridgehead atoms. The van der Waals surface area contributed by atoms with Gasteiger partial charge < -0.3 is 19.9 Å². The van der Waals surface area contributed by atoms with Gasteiger partial charge in [-0.05, 0) is 56.4 Å². The lowest BCUT2D eigenvalue weighted by Gasteiger charge is -2.38. The first-order valence-corrected chi connectivity index (χ1v) is 9.58. The van der Waals surface area contributed by atoms with Crippen molar-refractivity contribution >= 4 is 11.6 Å². The highest BCUT2D eigenvalue weighted by atomic mass is 19.1. The summed E-state index contributed by atoms with van der Waals surface area (Å²) < 4.78 is 19.2. The third kappa shape index (κ3) is 5.23. The van der Waals surface area contributed by atoms with Crippen molar-refractivity contribution in [2.24, 2.45) is 0 Å². The van der Waals surface area contributed by atoms with E-state index in [0.717, 1.165) is 29.1 Å². The van der Waals surface area contributed by atoms with Crippen molar-refractivity contribution in [3.8, 4) is 5.75 Å². The number of aryl methyl sites for hydroxylation is 1. The van der Waals surface area contributed by atoms with Crippen molar-refractivity contribution in [3.63, 3.8) is 0 Å². The Morgan fingerprint density at radius 3 is 2.71 bits per heavy atom. The lowest BCUT2D eigenvalue weighted by molar-refractivity contribution is -0.121. The van der Waals surface area contributed by atoms with Crippen LogP contribution in [0.15, 0.2) is 42.5 Å². The molecule has 28 heavy (non-hydrogen) atoms. The summed E-state index contributed by atoms with van der Waals surface area (Å²) in [7, 11) is 3.95. The van der Waals surface area contributed by atoms with Crippen LogP contribution >= 0.6 is 0 Å². The van der Waals surface area contributed by atoms with Gasteiger partial charge in [-0.1, -0.05) is 18.2 Å². The normalized spacial score (nSPS) is 15.9. The predicted molar refractivity (Wildman–Crippen MR) is 109 cm³/mol. The lowest BCUT2D eigenvalue weighted by atomic mass is 10.0. The van der Waals surface area contributed by atoms with Gasteiger partial charge >= 0.3 is 0 Å². The molecule has 5 nitrogen and oxygen atoms in total. The van der Waals surface area contributed by atoms with E-state index in [0.29, 0.717) is 26.1 Å². The number of amides is 1. The maximum absolute atomic E-state index is 13.3. The summed E-state index contributed by atoms with van der Waals surface area (Å²) in [5.74, 6) is 0.583. The minimum Gasteiger partial charge on any atom is -0.489 e. The molecule has 1 heterocycles. The van der Waals surface area contributed by atoms with Gasteiger partial charge in [0, 0.05) is 19.6 Å². The van der Waals surface area contributed by atoms with Gasteiger partial charge in [0.15, 0.2) is 0 Å². The molecule has 0 unspecified atom stereocenters. The molecule has 2 aromatic carbocycles. The molecule has 1 N–H and O–H groups in total. The molecule has 2 aromatic rings. The summed E-state index contributed by atoms with van der Waals surface area (Å²) in [6.07, 6.45) is 0.349. The van der Waals surface area contributed by atoms with Crippen LogP contribution in [0, 0.1) is 12.7 Å². The van der Waals surface area contributed by atoms with Gasteiger partial charge in [-0.2, -0.15) is 0 Å². The van der Waals surface area contributed by atoms with Crippen LogP contribution in [0.3, 0.4) is 0 Å².